The molecule has 2 aromatic carbocycles. The van der Waals surface area contributed by atoms with Crippen LogP contribution in [0.2, 0.25) is 0 Å². The van der Waals surface area contributed by atoms with Crippen LogP contribution in [-0.2, 0) is 13.0 Å². The monoisotopic (exact) mass is 381 g/mol. The lowest BCUT2D eigenvalue weighted by Gasteiger charge is -2.04. The third-order valence-electron chi connectivity index (χ3n) is 4.22. The van der Waals surface area contributed by atoms with Crippen molar-refractivity contribution >= 4 is 0 Å². The molecule has 1 aromatic heterocycles. The van der Waals surface area contributed by atoms with Gasteiger partial charge in [-0.25, -0.2) is 4.57 Å². The summed E-state index contributed by atoms with van der Waals surface area (Å²) >= 11 is 0. The molecule has 0 N–H and O–H groups in total. The van der Waals surface area contributed by atoms with E-state index in [4.69, 9.17) is 0 Å². The molecule has 1 heterocycles. The summed E-state index contributed by atoms with van der Waals surface area (Å²) in [7, 11) is 0. The van der Waals surface area contributed by atoms with Crippen LogP contribution in [-0.4, -0.2) is 0 Å². The van der Waals surface area contributed by atoms with Crippen LogP contribution in [0.15, 0.2) is 85.2 Å². The van der Waals surface area contributed by atoms with E-state index < -0.39 is 0 Å². The normalized spacial score (nSPS) is 10.2. The van der Waals surface area contributed by atoms with Crippen molar-refractivity contribution in [3.05, 3.63) is 90.8 Å². The number of rotatable bonds is 7. The van der Waals surface area contributed by atoms with E-state index in [1.807, 2.05) is 0 Å². The predicted molar refractivity (Wildman–Crippen MR) is 96.1 cm³/mol. The molecular formula is C22H24BrN. The fourth-order valence-electron chi connectivity index (χ4n) is 2.88. The van der Waals surface area contributed by atoms with Crippen LogP contribution < -0.4 is 21.5 Å². The van der Waals surface area contributed by atoms with Gasteiger partial charge in [0.2, 0.25) is 0 Å². The smallest absolute Gasteiger partial charge is 0.168 e. The van der Waals surface area contributed by atoms with E-state index in [0.29, 0.717) is 0 Å². The minimum absolute atomic E-state index is 0. The SMILES string of the molecule is [Br-].c1ccc(-c2ccc(CCCCC[n+]3ccccc3)cc2)cc1. The molecule has 0 saturated heterocycles. The van der Waals surface area contributed by atoms with E-state index in [-0.39, 0.29) is 17.0 Å². The topological polar surface area (TPSA) is 3.88 Å². The van der Waals surface area contributed by atoms with Gasteiger partial charge >= 0.3 is 0 Å². The van der Waals surface area contributed by atoms with Crippen molar-refractivity contribution in [3.63, 3.8) is 0 Å². The minimum Gasteiger partial charge on any atom is -1.00 e. The van der Waals surface area contributed by atoms with Gasteiger partial charge in [0.1, 0.15) is 6.54 Å². The van der Waals surface area contributed by atoms with Crippen molar-refractivity contribution in [2.75, 3.05) is 0 Å². The molecule has 0 spiro atoms. The quantitative estimate of drug-likeness (QED) is 0.435. The van der Waals surface area contributed by atoms with Crippen LogP contribution >= 0.6 is 0 Å². The molecule has 0 aliphatic carbocycles. The molecule has 3 rings (SSSR count). The summed E-state index contributed by atoms with van der Waals surface area (Å²) in [6, 6.07) is 25.8. The summed E-state index contributed by atoms with van der Waals surface area (Å²) in [4.78, 5) is 0. The second-order valence-electron chi connectivity index (χ2n) is 5.99. The molecular weight excluding hydrogens is 358 g/mol. The van der Waals surface area contributed by atoms with E-state index in [0.717, 1.165) is 6.54 Å². The fraction of sp³-hybridized carbons (Fsp3) is 0.227. The minimum atomic E-state index is 0. The number of unbranched alkanes of at least 4 members (excludes halogenated alkanes) is 2. The number of pyridine rings is 1. The maximum atomic E-state index is 2.27. The number of halogens is 1. The summed E-state index contributed by atoms with van der Waals surface area (Å²) in [6.07, 6.45) is 9.25. The third kappa shape index (κ3) is 5.61. The highest BCUT2D eigenvalue weighted by molar-refractivity contribution is 5.63. The van der Waals surface area contributed by atoms with Crippen molar-refractivity contribution < 1.29 is 21.5 Å². The zero-order valence-electron chi connectivity index (χ0n) is 13.9. The number of hydrogen-bond donors (Lipinski definition) is 0. The second kappa shape index (κ2) is 10.0. The third-order valence-corrected chi connectivity index (χ3v) is 4.22. The first kappa shape index (κ1) is 18.4. The molecule has 0 aliphatic heterocycles. The van der Waals surface area contributed by atoms with Crippen LogP contribution in [0.3, 0.4) is 0 Å². The zero-order valence-corrected chi connectivity index (χ0v) is 15.5. The van der Waals surface area contributed by atoms with Crippen LogP contribution in [0.25, 0.3) is 11.1 Å². The summed E-state index contributed by atoms with van der Waals surface area (Å²) in [5, 5.41) is 0. The van der Waals surface area contributed by atoms with Gasteiger partial charge in [0.05, 0.1) is 0 Å². The summed E-state index contributed by atoms with van der Waals surface area (Å²) < 4.78 is 2.26. The molecule has 0 bridgehead atoms. The molecule has 124 valence electrons. The van der Waals surface area contributed by atoms with Gasteiger partial charge in [-0.05, 0) is 36.0 Å². The van der Waals surface area contributed by atoms with Crippen LogP contribution in [0.1, 0.15) is 24.8 Å². The van der Waals surface area contributed by atoms with Crippen molar-refractivity contribution in [2.24, 2.45) is 0 Å². The Morgan fingerprint density at radius 2 is 1.21 bits per heavy atom. The number of aromatic nitrogens is 1. The highest BCUT2D eigenvalue weighted by atomic mass is 79.9. The Morgan fingerprint density at radius 3 is 1.92 bits per heavy atom. The Kier molecular flexibility index (Phi) is 7.70. The zero-order chi connectivity index (χ0) is 15.7. The molecule has 0 atom stereocenters. The van der Waals surface area contributed by atoms with Crippen molar-refractivity contribution in [3.8, 4) is 11.1 Å². The maximum Gasteiger partial charge on any atom is 0.168 e. The molecule has 1 nitrogen and oxygen atoms in total. The number of benzene rings is 2. The molecule has 3 aromatic rings. The lowest BCUT2D eigenvalue weighted by atomic mass is 10.0. The average molecular weight is 382 g/mol. The van der Waals surface area contributed by atoms with Crippen molar-refractivity contribution in [2.45, 2.75) is 32.2 Å². The van der Waals surface area contributed by atoms with Crippen molar-refractivity contribution in [1.29, 1.82) is 0 Å². The lowest BCUT2D eigenvalue weighted by molar-refractivity contribution is -0.697. The van der Waals surface area contributed by atoms with Crippen LogP contribution in [0.5, 0.6) is 0 Å². The predicted octanol–water partition coefficient (Wildman–Crippen LogP) is 2.06. The van der Waals surface area contributed by atoms with Gasteiger partial charge in [-0.2, -0.15) is 0 Å². The molecule has 24 heavy (non-hydrogen) atoms. The van der Waals surface area contributed by atoms with Gasteiger partial charge in [-0.15, -0.1) is 0 Å². The molecule has 0 aliphatic rings. The van der Waals surface area contributed by atoms with E-state index in [9.17, 15) is 0 Å². The Hall–Kier alpha value is -1.93. The van der Waals surface area contributed by atoms with E-state index in [1.165, 1.54) is 42.4 Å². The van der Waals surface area contributed by atoms with E-state index in [2.05, 4.69) is 89.8 Å². The van der Waals surface area contributed by atoms with Crippen molar-refractivity contribution in [1.82, 2.24) is 0 Å². The van der Waals surface area contributed by atoms with Gasteiger partial charge in [-0.3, -0.25) is 0 Å². The molecule has 2 heteroatoms. The highest BCUT2D eigenvalue weighted by Gasteiger charge is 2.00. The molecule has 0 amide bonds. The van der Waals surface area contributed by atoms with E-state index in [1.54, 1.807) is 0 Å². The fourth-order valence-corrected chi connectivity index (χ4v) is 2.88. The summed E-state index contributed by atoms with van der Waals surface area (Å²) in [6.45, 7) is 1.12. The van der Waals surface area contributed by atoms with Gasteiger partial charge in [0.15, 0.2) is 12.4 Å². The first-order chi connectivity index (χ1) is 11.4. The molecule has 0 fully saturated rings. The largest absolute Gasteiger partial charge is 1.00 e. The van der Waals surface area contributed by atoms with Crippen LogP contribution in [0, 0.1) is 0 Å². The number of hydrogen-bond acceptors (Lipinski definition) is 0. The first-order valence-electron chi connectivity index (χ1n) is 8.50. The molecule has 0 radical (unpaired) electrons. The second-order valence-corrected chi connectivity index (χ2v) is 5.99. The summed E-state index contributed by atoms with van der Waals surface area (Å²) in [5.74, 6) is 0. The highest BCUT2D eigenvalue weighted by Crippen LogP contribution is 2.19. The molecule has 0 saturated carbocycles. The Bertz CT molecular complexity index is 693. The van der Waals surface area contributed by atoms with Crippen LogP contribution in [0.4, 0.5) is 0 Å². The Labute approximate surface area is 155 Å². The van der Waals surface area contributed by atoms with Gasteiger partial charge < -0.3 is 17.0 Å². The number of aryl methyl sites for hydroxylation is 2. The van der Waals surface area contributed by atoms with Gasteiger partial charge in [-0.1, -0.05) is 60.7 Å². The Morgan fingerprint density at radius 1 is 0.583 bits per heavy atom. The maximum absolute atomic E-state index is 2.27. The standard InChI is InChI=1S/C22H24N.BrH/c1-5-11-21(12-6-1)22-15-13-20(14-16-22)10-4-2-7-17-23-18-8-3-9-19-23;/h1,3,5-6,8-9,11-16,18-19H,2,4,7,10,17H2;1H/q+1;/p-1. The number of nitrogens with zero attached hydrogens (tertiary/aromatic N) is 1. The summed E-state index contributed by atoms with van der Waals surface area (Å²) in [5.41, 5.74) is 4.03. The first-order valence-corrected chi connectivity index (χ1v) is 8.50. The van der Waals surface area contributed by atoms with Gasteiger partial charge in [0, 0.05) is 18.6 Å². The van der Waals surface area contributed by atoms with Gasteiger partial charge in [0.25, 0.3) is 0 Å². The molecule has 0 unspecified atom stereocenters. The van der Waals surface area contributed by atoms with E-state index >= 15 is 0 Å². The lowest BCUT2D eigenvalue weighted by Crippen LogP contribution is -3.00. The average Bonchev–Trinajstić information content (AvgIpc) is 2.64. The Balaban J connectivity index is 0.00000208.